The SMILES string of the molecule is CCCCCC(CCCCC)CCOC(=O)CCCCCCCC(CCCCCCCC(=O)OCCC(CCCCC)CCCCC)NC1CCOCC1. The molecular weight excluding hydrogens is 671 g/mol. The van der Waals surface area contributed by atoms with E-state index in [1.807, 2.05) is 0 Å². The predicted octanol–water partition coefficient (Wildman–Crippen LogP) is 14.0. The van der Waals surface area contributed by atoms with Crippen LogP contribution in [0.15, 0.2) is 0 Å². The molecule has 6 heteroatoms. The molecule has 0 aromatic carbocycles. The Balaban J connectivity index is 2.20. The van der Waals surface area contributed by atoms with Crippen molar-refractivity contribution in [1.29, 1.82) is 0 Å². The van der Waals surface area contributed by atoms with Crippen LogP contribution in [0.5, 0.6) is 0 Å². The third-order valence-corrected chi connectivity index (χ3v) is 12.0. The molecule has 1 heterocycles. The molecule has 1 fully saturated rings. The van der Waals surface area contributed by atoms with Crippen molar-refractivity contribution in [2.45, 2.75) is 258 Å². The van der Waals surface area contributed by atoms with Gasteiger partial charge in [0.15, 0.2) is 0 Å². The molecule has 0 aromatic rings. The molecule has 0 aromatic heterocycles. The third kappa shape index (κ3) is 32.0. The first-order valence-electron chi connectivity index (χ1n) is 24.2. The lowest BCUT2D eigenvalue weighted by Crippen LogP contribution is -2.41. The highest BCUT2D eigenvalue weighted by Crippen LogP contribution is 2.23. The van der Waals surface area contributed by atoms with Crippen LogP contribution in [0.4, 0.5) is 0 Å². The average Bonchev–Trinajstić information content (AvgIpc) is 3.17. The van der Waals surface area contributed by atoms with Crippen molar-refractivity contribution in [3.8, 4) is 0 Å². The molecule has 54 heavy (non-hydrogen) atoms. The molecule has 0 atom stereocenters. The van der Waals surface area contributed by atoms with Gasteiger partial charge in [-0.1, -0.05) is 182 Å². The lowest BCUT2D eigenvalue weighted by molar-refractivity contribution is -0.145. The number of unbranched alkanes of at least 4 members (excludes halogenated alkanes) is 16. The van der Waals surface area contributed by atoms with E-state index in [0.717, 1.165) is 76.4 Å². The smallest absolute Gasteiger partial charge is 0.305 e. The molecular formula is C48H93NO5. The molecule has 0 saturated carbocycles. The number of ether oxygens (including phenoxy) is 3. The fraction of sp³-hybridized carbons (Fsp3) is 0.958. The molecule has 320 valence electrons. The number of nitrogens with one attached hydrogen (secondary N) is 1. The largest absolute Gasteiger partial charge is 0.466 e. The summed E-state index contributed by atoms with van der Waals surface area (Å²) in [5.74, 6) is 1.45. The number of rotatable bonds is 40. The summed E-state index contributed by atoms with van der Waals surface area (Å²) >= 11 is 0. The van der Waals surface area contributed by atoms with Gasteiger partial charge in [0.2, 0.25) is 0 Å². The maximum Gasteiger partial charge on any atom is 0.305 e. The van der Waals surface area contributed by atoms with E-state index in [1.54, 1.807) is 0 Å². The van der Waals surface area contributed by atoms with Crippen molar-refractivity contribution in [2.75, 3.05) is 26.4 Å². The minimum Gasteiger partial charge on any atom is -0.466 e. The van der Waals surface area contributed by atoms with E-state index in [2.05, 4.69) is 33.0 Å². The van der Waals surface area contributed by atoms with E-state index in [4.69, 9.17) is 14.2 Å². The van der Waals surface area contributed by atoms with Crippen LogP contribution in [0.2, 0.25) is 0 Å². The Kier molecular flexibility index (Phi) is 36.5. The van der Waals surface area contributed by atoms with Gasteiger partial charge in [0.05, 0.1) is 13.2 Å². The molecule has 0 aliphatic carbocycles. The van der Waals surface area contributed by atoms with Gasteiger partial charge in [-0.05, 0) is 63.2 Å². The van der Waals surface area contributed by atoms with Crippen LogP contribution in [-0.2, 0) is 23.8 Å². The zero-order valence-electron chi connectivity index (χ0n) is 36.7. The molecule has 6 nitrogen and oxygen atoms in total. The summed E-state index contributed by atoms with van der Waals surface area (Å²) in [6, 6.07) is 1.17. The highest BCUT2D eigenvalue weighted by atomic mass is 16.5. The maximum absolute atomic E-state index is 12.4. The van der Waals surface area contributed by atoms with Crippen molar-refractivity contribution < 1.29 is 23.8 Å². The van der Waals surface area contributed by atoms with Gasteiger partial charge in [-0.25, -0.2) is 0 Å². The van der Waals surface area contributed by atoms with Crippen molar-refractivity contribution in [2.24, 2.45) is 11.8 Å². The summed E-state index contributed by atoms with van der Waals surface area (Å²) in [7, 11) is 0. The van der Waals surface area contributed by atoms with Gasteiger partial charge in [0, 0.05) is 38.1 Å². The van der Waals surface area contributed by atoms with E-state index < -0.39 is 0 Å². The number of hydrogen-bond acceptors (Lipinski definition) is 6. The summed E-state index contributed by atoms with van der Waals surface area (Å²) < 4.78 is 16.9. The highest BCUT2D eigenvalue weighted by Gasteiger charge is 2.18. The maximum atomic E-state index is 12.4. The van der Waals surface area contributed by atoms with Gasteiger partial charge in [-0.2, -0.15) is 0 Å². The Hall–Kier alpha value is -1.14. The third-order valence-electron chi connectivity index (χ3n) is 12.0. The predicted molar refractivity (Wildman–Crippen MR) is 230 cm³/mol. The topological polar surface area (TPSA) is 73.9 Å². The Morgan fingerprint density at radius 3 is 1.22 bits per heavy atom. The van der Waals surface area contributed by atoms with Gasteiger partial charge in [0.1, 0.15) is 0 Å². The second kappa shape index (κ2) is 38.7. The fourth-order valence-electron chi connectivity index (χ4n) is 8.31. The number of esters is 2. The summed E-state index contributed by atoms with van der Waals surface area (Å²) in [5.41, 5.74) is 0. The van der Waals surface area contributed by atoms with Gasteiger partial charge in [-0.15, -0.1) is 0 Å². The quantitative estimate of drug-likeness (QED) is 0.0495. The zero-order chi connectivity index (χ0) is 39.2. The van der Waals surface area contributed by atoms with Crippen LogP contribution >= 0.6 is 0 Å². The normalized spacial score (nSPS) is 13.8. The molecule has 1 rings (SSSR count). The number of hydrogen-bond donors (Lipinski definition) is 1. The first-order chi connectivity index (χ1) is 26.5. The Labute approximate surface area is 336 Å². The van der Waals surface area contributed by atoms with Gasteiger partial charge < -0.3 is 19.5 Å². The summed E-state index contributed by atoms with van der Waals surface area (Å²) in [6.45, 7) is 12.1. The van der Waals surface area contributed by atoms with E-state index in [9.17, 15) is 9.59 Å². The van der Waals surface area contributed by atoms with E-state index >= 15 is 0 Å². The van der Waals surface area contributed by atoms with E-state index in [-0.39, 0.29) is 11.9 Å². The molecule has 1 saturated heterocycles. The van der Waals surface area contributed by atoms with Crippen LogP contribution in [0.25, 0.3) is 0 Å². The molecule has 1 aliphatic rings. The van der Waals surface area contributed by atoms with Crippen LogP contribution < -0.4 is 5.32 Å². The minimum absolute atomic E-state index is 0.00575. The van der Waals surface area contributed by atoms with Gasteiger partial charge >= 0.3 is 11.9 Å². The molecule has 1 N–H and O–H groups in total. The van der Waals surface area contributed by atoms with Crippen molar-refractivity contribution in [1.82, 2.24) is 5.32 Å². The summed E-state index contributed by atoms with van der Waals surface area (Å²) in [6.07, 6.45) is 40.3. The second-order valence-corrected chi connectivity index (χ2v) is 17.1. The van der Waals surface area contributed by atoms with Crippen LogP contribution in [-0.4, -0.2) is 50.4 Å². The van der Waals surface area contributed by atoms with Crippen LogP contribution in [0.3, 0.4) is 0 Å². The Morgan fingerprint density at radius 1 is 0.481 bits per heavy atom. The first-order valence-corrected chi connectivity index (χ1v) is 24.2. The van der Waals surface area contributed by atoms with Crippen molar-refractivity contribution >= 4 is 11.9 Å². The van der Waals surface area contributed by atoms with Crippen LogP contribution in [0, 0.1) is 11.8 Å². The van der Waals surface area contributed by atoms with Crippen molar-refractivity contribution in [3.05, 3.63) is 0 Å². The summed E-state index contributed by atoms with van der Waals surface area (Å²) in [5, 5.41) is 4.00. The molecule has 0 radical (unpaired) electrons. The monoisotopic (exact) mass is 764 g/mol. The Morgan fingerprint density at radius 2 is 0.833 bits per heavy atom. The first kappa shape index (κ1) is 50.9. The minimum atomic E-state index is 0.00575. The highest BCUT2D eigenvalue weighted by molar-refractivity contribution is 5.69. The molecule has 0 bridgehead atoms. The number of carbonyl (C=O) groups excluding carboxylic acids is 2. The van der Waals surface area contributed by atoms with Gasteiger partial charge in [0.25, 0.3) is 0 Å². The molecule has 0 unspecified atom stereocenters. The average molecular weight is 764 g/mol. The zero-order valence-corrected chi connectivity index (χ0v) is 36.7. The standard InChI is InChI=1S/C48H93NO5/c1-5-9-19-27-43(28-20-10-6-2)35-41-53-47(50)33-25-17-13-15-23-31-45(49-46-37-39-52-40-38-46)32-24-16-14-18-26-34-48(51)54-42-36-44(29-21-11-7-3)30-22-12-8-4/h43-46,49H,5-42H2,1-4H3. The van der Waals surface area contributed by atoms with Crippen molar-refractivity contribution in [3.63, 3.8) is 0 Å². The molecule has 1 aliphatic heterocycles. The van der Waals surface area contributed by atoms with Crippen LogP contribution in [0.1, 0.15) is 246 Å². The van der Waals surface area contributed by atoms with Gasteiger partial charge in [-0.3, -0.25) is 9.59 Å². The van der Waals surface area contributed by atoms with E-state index in [1.165, 1.54) is 154 Å². The lowest BCUT2D eigenvalue weighted by atomic mass is 9.92. The molecule has 0 amide bonds. The molecule has 0 spiro atoms. The fourth-order valence-corrected chi connectivity index (χ4v) is 8.31. The van der Waals surface area contributed by atoms with E-state index in [0.29, 0.717) is 38.1 Å². The second-order valence-electron chi connectivity index (χ2n) is 17.1. The Bertz CT molecular complexity index is 739. The number of carbonyl (C=O) groups is 2. The summed E-state index contributed by atoms with van der Waals surface area (Å²) in [4.78, 5) is 24.8. The lowest BCUT2D eigenvalue weighted by Gasteiger charge is -2.29.